The van der Waals surface area contributed by atoms with Gasteiger partial charge in [0.2, 0.25) is 5.91 Å². The lowest BCUT2D eigenvalue weighted by Crippen LogP contribution is -2.62. The number of azide groups is 1. The smallest absolute Gasteiger partial charge is 0.233 e. The van der Waals surface area contributed by atoms with Crippen molar-refractivity contribution in [1.29, 1.82) is 0 Å². The molecule has 0 aromatic carbocycles. The Kier molecular flexibility index (Phi) is 3.33. The Morgan fingerprint density at radius 2 is 1.88 bits per heavy atom. The van der Waals surface area contributed by atoms with Crippen molar-refractivity contribution in [2.75, 3.05) is 0 Å². The van der Waals surface area contributed by atoms with Crippen molar-refractivity contribution in [2.45, 2.75) is 82.0 Å². The van der Waals surface area contributed by atoms with E-state index < -0.39 is 17.1 Å². The number of hydrogen-bond acceptors (Lipinski definition) is 4. The third-order valence-corrected chi connectivity index (χ3v) is 7.88. The van der Waals surface area contributed by atoms with Gasteiger partial charge in [-0.25, -0.2) is 0 Å². The number of ketones is 1. The lowest BCUT2D eigenvalue weighted by Gasteiger charge is -2.61. The summed E-state index contributed by atoms with van der Waals surface area (Å²) in [5.41, 5.74) is 8.06. The minimum absolute atomic E-state index is 0.0226. The van der Waals surface area contributed by atoms with Crippen LogP contribution in [0.3, 0.4) is 0 Å². The number of nitrogens with zero attached hydrogens (tertiary/aromatic N) is 4. The monoisotopic (exact) mass is 358 g/mol. The molecule has 4 bridgehead atoms. The van der Waals surface area contributed by atoms with Crippen molar-refractivity contribution in [1.82, 2.24) is 4.90 Å². The second kappa shape index (κ2) is 5.23. The first-order valence-electron chi connectivity index (χ1n) is 9.93. The molecule has 0 aromatic rings. The average molecular weight is 358 g/mol. The van der Waals surface area contributed by atoms with Crippen LogP contribution in [0.5, 0.6) is 0 Å². The predicted molar refractivity (Wildman–Crippen MR) is 92.8 cm³/mol. The Balaban J connectivity index is 1.50. The topological polar surface area (TPSA) is 106 Å². The van der Waals surface area contributed by atoms with Crippen LogP contribution in [0.25, 0.3) is 10.4 Å². The third kappa shape index (κ3) is 2.26. The van der Waals surface area contributed by atoms with Crippen molar-refractivity contribution in [3.63, 3.8) is 0 Å². The van der Waals surface area contributed by atoms with Crippen LogP contribution in [0.4, 0.5) is 0 Å². The summed E-state index contributed by atoms with van der Waals surface area (Å²) in [5, 5.41) is 15.0. The molecule has 6 fully saturated rings. The van der Waals surface area contributed by atoms with E-state index in [1.54, 1.807) is 11.8 Å². The largest absolute Gasteiger partial charge is 0.390 e. The highest BCUT2D eigenvalue weighted by Gasteiger charge is 2.63. The fourth-order valence-electron chi connectivity index (χ4n) is 7.37. The molecule has 0 spiro atoms. The molecule has 6 rings (SSSR count). The van der Waals surface area contributed by atoms with Gasteiger partial charge in [-0.15, -0.1) is 0 Å². The Hall–Kier alpha value is -1.59. The predicted octanol–water partition coefficient (Wildman–Crippen LogP) is 2.58. The standard InChI is InChI=1S/C19H26N4O3/c1-10(24)14-3-13-4-15(13)23(14)17(25)16(21-22-20)18-5-11-2-12(6-18)8-19(26,7-11)9-18/h11-16,26H,2-9H2,1H3/t11?,12?,13-,14+,15+,16-,18?,19?/m1/s1. The maximum Gasteiger partial charge on any atom is 0.233 e. The Morgan fingerprint density at radius 3 is 2.46 bits per heavy atom. The zero-order valence-corrected chi connectivity index (χ0v) is 15.2. The summed E-state index contributed by atoms with van der Waals surface area (Å²) in [6.45, 7) is 1.55. The number of rotatable bonds is 4. The number of fused-ring (bicyclic) bond motifs is 1. The van der Waals surface area contributed by atoms with Crippen molar-refractivity contribution in [2.24, 2.45) is 28.3 Å². The van der Waals surface area contributed by atoms with Crippen LogP contribution in [0.1, 0.15) is 58.3 Å². The number of amides is 1. The highest BCUT2D eigenvalue weighted by atomic mass is 16.3. The molecular weight excluding hydrogens is 332 g/mol. The van der Waals surface area contributed by atoms with Gasteiger partial charge in [0.25, 0.3) is 0 Å². The molecule has 1 N–H and O–H groups in total. The fourth-order valence-corrected chi connectivity index (χ4v) is 7.37. The lowest BCUT2D eigenvalue weighted by molar-refractivity contribution is -0.178. The van der Waals surface area contributed by atoms with E-state index in [0.29, 0.717) is 24.2 Å². The summed E-state index contributed by atoms with van der Waals surface area (Å²) in [6.07, 6.45) is 6.71. The van der Waals surface area contributed by atoms with Crippen LogP contribution in [-0.4, -0.2) is 45.4 Å². The zero-order valence-electron chi connectivity index (χ0n) is 15.2. The van der Waals surface area contributed by atoms with E-state index in [-0.39, 0.29) is 23.8 Å². The maximum absolute atomic E-state index is 13.5. The lowest BCUT2D eigenvalue weighted by atomic mass is 9.46. The van der Waals surface area contributed by atoms with Gasteiger partial charge >= 0.3 is 0 Å². The summed E-state index contributed by atoms with van der Waals surface area (Å²) < 4.78 is 0. The molecule has 5 saturated carbocycles. The van der Waals surface area contributed by atoms with Crippen LogP contribution >= 0.6 is 0 Å². The second-order valence-corrected chi connectivity index (χ2v) is 9.83. The number of carbonyl (C=O) groups excluding carboxylic acids is 2. The summed E-state index contributed by atoms with van der Waals surface area (Å²) >= 11 is 0. The van der Waals surface area contributed by atoms with Crippen molar-refractivity contribution >= 4 is 11.7 Å². The summed E-state index contributed by atoms with van der Waals surface area (Å²) in [5.74, 6) is 1.12. The zero-order chi connectivity index (χ0) is 18.3. The molecule has 1 heterocycles. The third-order valence-electron chi connectivity index (χ3n) is 7.88. The number of carbonyl (C=O) groups is 2. The highest BCUT2D eigenvalue weighted by Crippen LogP contribution is 2.64. The Labute approximate surface area is 152 Å². The van der Waals surface area contributed by atoms with Gasteiger partial charge in [0, 0.05) is 11.0 Å². The van der Waals surface area contributed by atoms with Crippen LogP contribution in [0, 0.1) is 23.2 Å². The molecule has 5 aliphatic carbocycles. The summed E-state index contributed by atoms with van der Waals surface area (Å²) in [6, 6.07) is -1.00. The van der Waals surface area contributed by atoms with E-state index >= 15 is 0 Å². The number of hydrogen-bond donors (Lipinski definition) is 1. The first-order chi connectivity index (χ1) is 12.3. The van der Waals surface area contributed by atoms with Gasteiger partial charge in [-0.3, -0.25) is 9.59 Å². The van der Waals surface area contributed by atoms with Crippen molar-refractivity contribution in [3.8, 4) is 0 Å². The van der Waals surface area contributed by atoms with E-state index in [9.17, 15) is 20.2 Å². The normalized spacial score (nSPS) is 48.7. The van der Waals surface area contributed by atoms with Gasteiger partial charge in [-0.05, 0) is 87.0 Å². The van der Waals surface area contributed by atoms with Gasteiger partial charge in [0.05, 0.1) is 11.6 Å². The van der Waals surface area contributed by atoms with E-state index in [2.05, 4.69) is 10.0 Å². The number of likely N-dealkylation sites (tertiary alicyclic amines) is 1. The molecule has 140 valence electrons. The Morgan fingerprint density at radius 1 is 1.19 bits per heavy atom. The molecule has 0 aromatic heterocycles. The minimum atomic E-state index is -0.786. The van der Waals surface area contributed by atoms with Gasteiger partial charge < -0.3 is 10.0 Å². The molecule has 26 heavy (non-hydrogen) atoms. The quantitative estimate of drug-likeness (QED) is 0.474. The van der Waals surface area contributed by atoms with E-state index in [0.717, 1.165) is 44.9 Å². The molecule has 2 unspecified atom stereocenters. The molecule has 6 atom stereocenters. The van der Waals surface area contributed by atoms with Crippen LogP contribution in [0.2, 0.25) is 0 Å². The average Bonchev–Trinajstić information content (AvgIpc) is 3.19. The van der Waals surface area contributed by atoms with Gasteiger partial charge in [0.1, 0.15) is 6.04 Å². The minimum Gasteiger partial charge on any atom is -0.390 e. The number of Topliss-reactive ketones (excluding diaryl/α,β-unsaturated/α-hetero) is 1. The SMILES string of the molecule is CC(=O)[C@@H]1C[C@@H]2C[C@@H]2N1C(=O)[C@@H](N=[N+]=[N-])C12CC3CC(CC(O)(C3)C1)C2. The molecule has 0 radical (unpaired) electrons. The van der Waals surface area contributed by atoms with Crippen molar-refractivity contribution < 1.29 is 14.7 Å². The molecule has 7 nitrogen and oxygen atoms in total. The highest BCUT2D eigenvalue weighted by molar-refractivity contribution is 5.91. The molecule has 7 heteroatoms. The first-order valence-corrected chi connectivity index (χ1v) is 9.93. The molecule has 1 aliphatic heterocycles. The van der Waals surface area contributed by atoms with Crippen LogP contribution < -0.4 is 0 Å². The van der Waals surface area contributed by atoms with E-state index in [1.807, 2.05) is 0 Å². The van der Waals surface area contributed by atoms with Gasteiger partial charge in [-0.2, -0.15) is 0 Å². The number of aliphatic hydroxyl groups is 1. The summed E-state index contributed by atoms with van der Waals surface area (Å²) in [7, 11) is 0. The first kappa shape index (κ1) is 16.6. The Bertz CT molecular complexity index is 716. The maximum atomic E-state index is 13.5. The van der Waals surface area contributed by atoms with Crippen LogP contribution in [-0.2, 0) is 9.59 Å². The van der Waals surface area contributed by atoms with Crippen molar-refractivity contribution in [3.05, 3.63) is 10.4 Å². The molecule has 1 saturated heterocycles. The molecule has 1 amide bonds. The van der Waals surface area contributed by atoms with E-state index in [1.165, 1.54) is 0 Å². The molecular formula is C19H26N4O3. The van der Waals surface area contributed by atoms with E-state index in [4.69, 9.17) is 0 Å². The summed E-state index contributed by atoms with van der Waals surface area (Å²) in [4.78, 5) is 30.4. The molecule has 6 aliphatic rings. The second-order valence-electron chi connectivity index (χ2n) is 9.83. The van der Waals surface area contributed by atoms with Crippen LogP contribution in [0.15, 0.2) is 5.11 Å². The van der Waals surface area contributed by atoms with Gasteiger partial charge in [0.15, 0.2) is 5.78 Å². The number of piperidine rings is 1. The fraction of sp³-hybridized carbons (Fsp3) is 0.895. The van der Waals surface area contributed by atoms with Gasteiger partial charge in [-0.1, -0.05) is 5.11 Å².